The largest absolute Gasteiger partial charge is 0.466 e. The van der Waals surface area contributed by atoms with Crippen LogP contribution in [0.4, 0.5) is 0 Å². The Hall–Kier alpha value is 0.274. The summed E-state index contributed by atoms with van der Waals surface area (Å²) in [4.78, 5) is 11.4. The zero-order chi connectivity index (χ0) is 18.4. The molecule has 0 saturated carbocycles. The topological polar surface area (TPSA) is 46.5 Å². The van der Waals surface area contributed by atoms with Crippen molar-refractivity contribution in [2.24, 2.45) is 0 Å². The van der Waals surface area contributed by atoms with Gasteiger partial charge in [0.15, 0.2) is 0 Å². The quantitative estimate of drug-likeness (QED) is 0.144. The Kier molecular flexibility index (Phi) is 27.7. The number of rotatable bonds is 19. The van der Waals surface area contributed by atoms with E-state index in [0.717, 1.165) is 19.3 Å². The molecule has 0 fully saturated rings. The molecule has 0 aliphatic rings. The molecule has 0 saturated heterocycles. The zero-order valence-corrected chi connectivity index (χ0v) is 20.1. The zero-order valence-electron chi connectivity index (χ0n) is 17.2. The summed E-state index contributed by atoms with van der Waals surface area (Å²) < 4.78 is 5.10. The molecule has 0 rings (SSSR count). The molecular weight excluding hydrogens is 401 g/mol. The van der Waals surface area contributed by atoms with Crippen LogP contribution in [0.2, 0.25) is 0 Å². The van der Waals surface area contributed by atoms with E-state index in [2.05, 4.69) is 19.1 Å². The third kappa shape index (κ3) is 24.3. The number of hydrogen-bond acceptors (Lipinski definition) is 3. The fourth-order valence-corrected chi connectivity index (χ4v) is 2.81. The molecule has 0 aliphatic carbocycles. The van der Waals surface area contributed by atoms with Gasteiger partial charge in [-0.25, -0.2) is 0 Å². The van der Waals surface area contributed by atoms with Gasteiger partial charge in [-0.3, -0.25) is 4.79 Å². The molecule has 1 radical (unpaired) electrons. The van der Waals surface area contributed by atoms with Gasteiger partial charge in [0.1, 0.15) is 0 Å². The minimum absolute atomic E-state index is 0. The van der Waals surface area contributed by atoms with Crippen molar-refractivity contribution >= 4 is 5.97 Å². The van der Waals surface area contributed by atoms with Gasteiger partial charge >= 0.3 is 5.97 Å². The van der Waals surface area contributed by atoms with Gasteiger partial charge in [0, 0.05) is 45.7 Å². The summed E-state index contributed by atoms with van der Waals surface area (Å²) in [5.74, 6) is -0.0874. The van der Waals surface area contributed by atoms with Gasteiger partial charge in [0.05, 0.1) is 6.61 Å². The van der Waals surface area contributed by atoms with Crippen LogP contribution >= 0.6 is 0 Å². The van der Waals surface area contributed by atoms with Gasteiger partial charge in [0.25, 0.3) is 0 Å². The number of carbonyl (C=O) groups is 1. The number of ether oxygens (including phenoxy) is 1. The molecule has 26 heavy (non-hydrogen) atoms. The summed E-state index contributed by atoms with van der Waals surface area (Å²) in [6.07, 6.45) is 23.2. The van der Waals surface area contributed by atoms with Crippen molar-refractivity contribution in [1.29, 1.82) is 0 Å². The summed E-state index contributed by atoms with van der Waals surface area (Å²) in [7, 11) is 0. The predicted octanol–water partition coefficient (Wildman–Crippen LogP) is 6.34. The van der Waals surface area contributed by atoms with E-state index in [4.69, 9.17) is 9.84 Å². The smallest absolute Gasteiger partial charge is 0.305 e. The summed E-state index contributed by atoms with van der Waals surface area (Å²) >= 11 is 0. The normalized spacial score (nSPS) is 10.8. The third-order valence-electron chi connectivity index (χ3n) is 4.46. The SMILES string of the molecule is CCCCCCCC/C=C/CCCCCCCC(=O)OCCCCO.[Y]. The maximum atomic E-state index is 11.4. The number of hydrogen-bond donors (Lipinski definition) is 1. The molecular formula is C22H42O3Y. The van der Waals surface area contributed by atoms with Gasteiger partial charge in [-0.05, 0) is 44.9 Å². The predicted molar refractivity (Wildman–Crippen MR) is 107 cm³/mol. The first-order valence-corrected chi connectivity index (χ1v) is 10.7. The van der Waals surface area contributed by atoms with Crippen LogP contribution < -0.4 is 0 Å². The van der Waals surface area contributed by atoms with Crippen molar-refractivity contribution in [2.45, 2.75) is 110 Å². The van der Waals surface area contributed by atoms with E-state index in [0.29, 0.717) is 19.4 Å². The summed E-state index contributed by atoms with van der Waals surface area (Å²) in [6, 6.07) is 0. The second-order valence-electron chi connectivity index (χ2n) is 6.99. The number of aliphatic hydroxyl groups is 1. The maximum Gasteiger partial charge on any atom is 0.305 e. The number of allylic oxidation sites excluding steroid dienone is 2. The van der Waals surface area contributed by atoms with Crippen LogP contribution in [0.25, 0.3) is 0 Å². The summed E-state index contributed by atoms with van der Waals surface area (Å²) in [5, 5.41) is 8.64. The monoisotopic (exact) mass is 443 g/mol. The fraction of sp³-hybridized carbons (Fsp3) is 0.864. The Balaban J connectivity index is 0. The average Bonchev–Trinajstić information content (AvgIpc) is 2.62. The van der Waals surface area contributed by atoms with Gasteiger partial charge in [0.2, 0.25) is 0 Å². The maximum absolute atomic E-state index is 11.4. The summed E-state index contributed by atoms with van der Waals surface area (Å²) in [5.41, 5.74) is 0. The van der Waals surface area contributed by atoms with Crippen molar-refractivity contribution < 1.29 is 47.3 Å². The fourth-order valence-electron chi connectivity index (χ4n) is 2.81. The number of esters is 1. The first-order valence-electron chi connectivity index (χ1n) is 10.7. The van der Waals surface area contributed by atoms with E-state index < -0.39 is 0 Å². The van der Waals surface area contributed by atoms with Gasteiger partial charge in [-0.2, -0.15) is 0 Å². The van der Waals surface area contributed by atoms with Crippen molar-refractivity contribution in [3.63, 3.8) is 0 Å². The Morgan fingerprint density at radius 2 is 1.31 bits per heavy atom. The molecule has 0 unspecified atom stereocenters. The van der Waals surface area contributed by atoms with Crippen molar-refractivity contribution in [2.75, 3.05) is 13.2 Å². The number of aliphatic hydroxyl groups excluding tert-OH is 1. The molecule has 151 valence electrons. The minimum Gasteiger partial charge on any atom is -0.466 e. The second-order valence-corrected chi connectivity index (χ2v) is 6.99. The molecule has 4 heteroatoms. The van der Waals surface area contributed by atoms with Crippen LogP contribution in [0.1, 0.15) is 110 Å². The Morgan fingerprint density at radius 1 is 0.769 bits per heavy atom. The van der Waals surface area contributed by atoms with Crippen molar-refractivity contribution in [3.8, 4) is 0 Å². The van der Waals surface area contributed by atoms with Crippen LogP contribution in [-0.4, -0.2) is 24.3 Å². The number of carbonyl (C=O) groups excluding carboxylic acids is 1. The van der Waals surface area contributed by atoms with E-state index >= 15 is 0 Å². The van der Waals surface area contributed by atoms with E-state index in [1.165, 1.54) is 70.6 Å². The molecule has 0 atom stereocenters. The Labute approximate surface area is 187 Å². The molecule has 0 heterocycles. The average molecular weight is 443 g/mol. The van der Waals surface area contributed by atoms with Crippen LogP contribution in [0.15, 0.2) is 12.2 Å². The first kappa shape index (κ1) is 28.5. The minimum atomic E-state index is -0.0874. The van der Waals surface area contributed by atoms with E-state index in [-0.39, 0.29) is 45.3 Å². The molecule has 0 aromatic rings. The van der Waals surface area contributed by atoms with Crippen molar-refractivity contribution in [3.05, 3.63) is 12.2 Å². The number of unbranched alkanes of at least 4 members (excludes halogenated alkanes) is 12. The standard InChI is InChI=1S/C22H42O3.Y/c1-2-3-4-5-6-7-8-9-10-11-12-13-14-15-16-19-22(24)25-21-18-17-20-23;/h9-10,23H,2-8,11-21H2,1H3;/b10-9+;. The first-order chi connectivity index (χ1) is 12.3. The van der Waals surface area contributed by atoms with Crippen LogP contribution in [0.3, 0.4) is 0 Å². The second kappa shape index (κ2) is 25.3. The molecule has 0 aromatic heterocycles. The van der Waals surface area contributed by atoms with E-state index in [9.17, 15) is 4.79 Å². The molecule has 0 spiro atoms. The van der Waals surface area contributed by atoms with Crippen LogP contribution in [0, 0.1) is 0 Å². The Bertz CT molecular complexity index is 306. The molecule has 0 aromatic carbocycles. The van der Waals surface area contributed by atoms with E-state index in [1.807, 2.05) is 0 Å². The molecule has 0 bridgehead atoms. The van der Waals surface area contributed by atoms with Gasteiger partial charge < -0.3 is 9.84 Å². The molecule has 1 N–H and O–H groups in total. The molecule has 3 nitrogen and oxygen atoms in total. The van der Waals surface area contributed by atoms with Crippen LogP contribution in [0.5, 0.6) is 0 Å². The molecule has 0 aliphatic heterocycles. The van der Waals surface area contributed by atoms with E-state index in [1.54, 1.807) is 0 Å². The van der Waals surface area contributed by atoms with Gasteiger partial charge in [-0.15, -0.1) is 0 Å². The third-order valence-corrected chi connectivity index (χ3v) is 4.46. The summed E-state index contributed by atoms with van der Waals surface area (Å²) in [6.45, 7) is 2.88. The van der Waals surface area contributed by atoms with Crippen molar-refractivity contribution in [1.82, 2.24) is 0 Å². The van der Waals surface area contributed by atoms with Crippen LogP contribution in [-0.2, 0) is 42.2 Å². The van der Waals surface area contributed by atoms with Gasteiger partial charge in [-0.1, -0.05) is 70.4 Å². The molecule has 0 amide bonds. The Morgan fingerprint density at radius 3 is 1.88 bits per heavy atom.